The van der Waals surface area contributed by atoms with Crippen LogP contribution in [0.3, 0.4) is 0 Å². The predicted molar refractivity (Wildman–Crippen MR) is 84.3 cm³/mol. The fraction of sp³-hybridized carbons (Fsp3) is 0.118. The summed E-state index contributed by atoms with van der Waals surface area (Å²) in [5.74, 6) is 2.35. The summed E-state index contributed by atoms with van der Waals surface area (Å²) in [5.41, 5.74) is 1.05. The second kappa shape index (κ2) is 5.92. The highest BCUT2D eigenvalue weighted by Crippen LogP contribution is 2.29. The van der Waals surface area contributed by atoms with Crippen molar-refractivity contribution >= 4 is 5.84 Å². The summed E-state index contributed by atoms with van der Waals surface area (Å²) >= 11 is 0. The normalized spacial score (nSPS) is 16.7. The minimum Gasteiger partial charge on any atom is -0.457 e. The van der Waals surface area contributed by atoms with Gasteiger partial charge >= 0.3 is 0 Å². The molecule has 0 bridgehead atoms. The first-order chi connectivity index (χ1) is 11.4. The fourth-order valence-electron chi connectivity index (χ4n) is 2.40. The summed E-state index contributed by atoms with van der Waals surface area (Å²) in [7, 11) is 0. The third-order valence-electron chi connectivity index (χ3n) is 3.57. The van der Waals surface area contributed by atoms with Gasteiger partial charge in [-0.05, 0) is 29.8 Å². The second-order valence-corrected chi connectivity index (χ2v) is 5.13. The van der Waals surface area contributed by atoms with Gasteiger partial charge in [0.1, 0.15) is 24.2 Å². The number of oxime groups is 1. The van der Waals surface area contributed by atoms with E-state index in [0.29, 0.717) is 6.42 Å². The Morgan fingerprint density at radius 2 is 1.78 bits per heavy atom. The van der Waals surface area contributed by atoms with Gasteiger partial charge in [-0.3, -0.25) is 0 Å². The number of nitrogens with zero attached hydrogens (tertiary/aromatic N) is 4. The van der Waals surface area contributed by atoms with Gasteiger partial charge in [-0.2, -0.15) is 5.10 Å². The molecule has 3 aromatic rings. The second-order valence-electron chi connectivity index (χ2n) is 5.13. The van der Waals surface area contributed by atoms with E-state index in [-0.39, 0.29) is 6.10 Å². The van der Waals surface area contributed by atoms with Gasteiger partial charge in [-0.15, -0.1) is 0 Å². The maximum absolute atomic E-state index is 5.78. The van der Waals surface area contributed by atoms with Crippen molar-refractivity contribution in [3.8, 4) is 11.5 Å². The van der Waals surface area contributed by atoms with Crippen molar-refractivity contribution in [2.45, 2.75) is 12.5 Å². The van der Waals surface area contributed by atoms with Crippen LogP contribution in [0.25, 0.3) is 0 Å². The van der Waals surface area contributed by atoms with Crippen LogP contribution in [0.15, 0.2) is 72.4 Å². The molecule has 23 heavy (non-hydrogen) atoms. The average molecular weight is 306 g/mol. The van der Waals surface area contributed by atoms with Gasteiger partial charge in [-0.1, -0.05) is 35.5 Å². The lowest BCUT2D eigenvalue weighted by atomic mass is 10.1. The van der Waals surface area contributed by atoms with Gasteiger partial charge < -0.3 is 9.57 Å². The third kappa shape index (κ3) is 2.91. The van der Waals surface area contributed by atoms with Crippen molar-refractivity contribution in [2.24, 2.45) is 5.16 Å². The number of hydrogen-bond donors (Lipinski definition) is 0. The molecule has 0 radical (unpaired) electrons. The van der Waals surface area contributed by atoms with Gasteiger partial charge in [0.05, 0.1) is 6.42 Å². The highest BCUT2D eigenvalue weighted by Gasteiger charge is 2.24. The molecule has 0 N–H and O–H groups in total. The molecule has 0 spiro atoms. The van der Waals surface area contributed by atoms with Crippen molar-refractivity contribution in [1.29, 1.82) is 0 Å². The first-order valence-corrected chi connectivity index (χ1v) is 7.29. The molecule has 1 aromatic heterocycles. The number of aromatic nitrogens is 3. The van der Waals surface area contributed by atoms with Crippen LogP contribution in [0.4, 0.5) is 0 Å². The SMILES string of the molecule is c1ccc(Oc2ccc([C@H]3CC(n4cncn4)=NO3)cc2)cc1. The van der Waals surface area contributed by atoms with E-state index in [0.717, 1.165) is 22.9 Å². The highest BCUT2D eigenvalue weighted by atomic mass is 16.6. The lowest BCUT2D eigenvalue weighted by Gasteiger charge is -2.10. The molecule has 4 rings (SSSR count). The first kappa shape index (κ1) is 13.5. The highest BCUT2D eigenvalue weighted by molar-refractivity contribution is 5.84. The van der Waals surface area contributed by atoms with E-state index in [1.807, 2.05) is 54.6 Å². The zero-order valence-corrected chi connectivity index (χ0v) is 12.2. The Hall–Kier alpha value is -3.15. The summed E-state index contributed by atoms with van der Waals surface area (Å²) < 4.78 is 7.40. The molecule has 114 valence electrons. The van der Waals surface area contributed by atoms with Crippen LogP contribution in [0.2, 0.25) is 0 Å². The first-order valence-electron chi connectivity index (χ1n) is 7.29. The van der Waals surface area contributed by atoms with Crippen LogP contribution in [0.1, 0.15) is 18.1 Å². The van der Waals surface area contributed by atoms with Crippen LogP contribution >= 0.6 is 0 Å². The van der Waals surface area contributed by atoms with Crippen molar-refractivity contribution < 1.29 is 9.57 Å². The Bertz CT molecular complexity index is 798. The van der Waals surface area contributed by atoms with E-state index in [9.17, 15) is 0 Å². The van der Waals surface area contributed by atoms with Crippen molar-refractivity contribution in [3.05, 3.63) is 72.8 Å². The van der Waals surface area contributed by atoms with Gasteiger partial charge in [0.15, 0.2) is 11.9 Å². The molecule has 6 nitrogen and oxygen atoms in total. The molecule has 0 saturated heterocycles. The van der Waals surface area contributed by atoms with E-state index < -0.39 is 0 Å². The van der Waals surface area contributed by atoms with Crippen LogP contribution in [-0.4, -0.2) is 20.6 Å². The van der Waals surface area contributed by atoms with Crippen LogP contribution in [-0.2, 0) is 4.84 Å². The Morgan fingerprint density at radius 3 is 2.52 bits per heavy atom. The number of hydrogen-bond acceptors (Lipinski definition) is 5. The predicted octanol–water partition coefficient (Wildman–Crippen LogP) is 3.39. The summed E-state index contributed by atoms with van der Waals surface area (Å²) in [6.45, 7) is 0. The molecule has 1 atom stereocenters. The quantitative estimate of drug-likeness (QED) is 0.744. The minimum absolute atomic E-state index is 0.111. The number of rotatable bonds is 3. The molecule has 0 amide bonds. The van der Waals surface area contributed by atoms with Crippen molar-refractivity contribution in [3.63, 3.8) is 0 Å². The molecule has 1 aliphatic rings. The lowest BCUT2D eigenvalue weighted by molar-refractivity contribution is 0.0856. The van der Waals surface area contributed by atoms with Crippen molar-refractivity contribution in [2.75, 3.05) is 0 Å². The van der Waals surface area contributed by atoms with E-state index in [4.69, 9.17) is 9.57 Å². The molecule has 0 saturated carbocycles. The van der Waals surface area contributed by atoms with E-state index in [2.05, 4.69) is 15.2 Å². The Labute approximate surface area is 133 Å². The summed E-state index contributed by atoms with van der Waals surface area (Å²) in [6, 6.07) is 17.5. The van der Waals surface area contributed by atoms with Crippen molar-refractivity contribution in [1.82, 2.24) is 14.8 Å². The summed E-state index contributed by atoms with van der Waals surface area (Å²) in [6.07, 6.45) is 3.63. The van der Waals surface area contributed by atoms with Crippen LogP contribution < -0.4 is 4.74 Å². The average Bonchev–Trinajstić information content (AvgIpc) is 3.28. The molecule has 0 fully saturated rings. The molecule has 1 aliphatic heterocycles. The summed E-state index contributed by atoms with van der Waals surface area (Å²) in [5, 5.41) is 8.13. The molecule has 0 unspecified atom stereocenters. The zero-order chi connectivity index (χ0) is 15.5. The summed E-state index contributed by atoms with van der Waals surface area (Å²) in [4.78, 5) is 9.41. The smallest absolute Gasteiger partial charge is 0.175 e. The maximum Gasteiger partial charge on any atom is 0.175 e. The zero-order valence-electron chi connectivity index (χ0n) is 12.2. The number of ether oxygens (including phenoxy) is 1. The molecular formula is C17H14N4O2. The minimum atomic E-state index is -0.111. The molecule has 2 heterocycles. The molecular weight excluding hydrogens is 292 g/mol. The monoisotopic (exact) mass is 306 g/mol. The standard InChI is InChI=1S/C17H14N4O2/c1-2-4-14(5-3-1)22-15-8-6-13(7-9-15)16-10-17(20-23-16)21-12-18-11-19-21/h1-9,11-12,16H,10H2/t16-/m1/s1. The number of para-hydroxylation sites is 1. The van der Waals surface area contributed by atoms with Gasteiger partial charge in [0.2, 0.25) is 0 Å². The Balaban J connectivity index is 1.43. The number of benzene rings is 2. The molecule has 0 aliphatic carbocycles. The van der Waals surface area contributed by atoms with Gasteiger partial charge in [0, 0.05) is 0 Å². The molecule has 6 heteroatoms. The topological polar surface area (TPSA) is 61.5 Å². The van der Waals surface area contributed by atoms with Gasteiger partial charge in [0.25, 0.3) is 0 Å². The fourth-order valence-corrected chi connectivity index (χ4v) is 2.40. The van der Waals surface area contributed by atoms with Crippen LogP contribution in [0, 0.1) is 0 Å². The van der Waals surface area contributed by atoms with E-state index >= 15 is 0 Å². The third-order valence-corrected chi connectivity index (χ3v) is 3.57. The van der Waals surface area contributed by atoms with E-state index in [1.165, 1.54) is 6.33 Å². The molecule has 2 aromatic carbocycles. The van der Waals surface area contributed by atoms with Gasteiger partial charge in [-0.25, -0.2) is 9.67 Å². The lowest BCUT2D eigenvalue weighted by Crippen LogP contribution is -2.10. The van der Waals surface area contributed by atoms with E-state index in [1.54, 1.807) is 11.0 Å². The Kier molecular flexibility index (Phi) is 3.48. The Morgan fingerprint density at radius 1 is 1.00 bits per heavy atom. The maximum atomic E-state index is 5.78. The van der Waals surface area contributed by atoms with Crippen LogP contribution in [0.5, 0.6) is 11.5 Å². The largest absolute Gasteiger partial charge is 0.457 e.